The van der Waals surface area contributed by atoms with E-state index >= 15 is 0 Å². The molecule has 1 heterocycles. The Labute approximate surface area is 181 Å². The summed E-state index contributed by atoms with van der Waals surface area (Å²) in [5, 5.41) is 6.69. The van der Waals surface area contributed by atoms with E-state index in [1.165, 1.54) is 0 Å². The molecular formula is C22H28F2N4O3. The molecule has 1 aliphatic heterocycles. The van der Waals surface area contributed by atoms with Crippen LogP contribution in [0.3, 0.4) is 0 Å². The highest BCUT2D eigenvalue weighted by Crippen LogP contribution is 2.32. The third-order valence-corrected chi connectivity index (χ3v) is 5.11. The number of nitrogens with zero attached hydrogens (tertiary/aromatic N) is 2. The van der Waals surface area contributed by atoms with E-state index in [0.29, 0.717) is 36.2 Å². The van der Waals surface area contributed by atoms with Crippen LogP contribution in [0, 0.1) is 0 Å². The molecule has 168 valence electrons. The number of methoxy groups -OCH3 is 2. The van der Waals surface area contributed by atoms with Gasteiger partial charge in [0, 0.05) is 38.3 Å². The van der Waals surface area contributed by atoms with Crippen molar-refractivity contribution in [2.45, 2.75) is 25.6 Å². The van der Waals surface area contributed by atoms with Gasteiger partial charge in [0.1, 0.15) is 5.75 Å². The minimum absolute atomic E-state index is 0.109. The number of aliphatic imine (C=N–C) groups is 1. The summed E-state index contributed by atoms with van der Waals surface area (Å²) in [6, 6.07) is 12.7. The first kappa shape index (κ1) is 22.5. The molecule has 0 spiro atoms. The van der Waals surface area contributed by atoms with E-state index in [2.05, 4.69) is 20.4 Å². The Bertz CT molecular complexity index is 895. The molecule has 0 aromatic heterocycles. The molecule has 0 aliphatic carbocycles. The van der Waals surface area contributed by atoms with E-state index < -0.39 is 6.61 Å². The number of para-hydroxylation sites is 3. The highest BCUT2D eigenvalue weighted by Gasteiger charge is 2.26. The van der Waals surface area contributed by atoms with Crippen LogP contribution in [0.2, 0.25) is 0 Å². The second-order valence-corrected chi connectivity index (χ2v) is 7.00. The summed E-state index contributed by atoms with van der Waals surface area (Å²) < 4.78 is 40.9. The molecule has 0 bridgehead atoms. The van der Waals surface area contributed by atoms with Gasteiger partial charge < -0.3 is 29.7 Å². The molecule has 2 N–H and O–H groups in total. The van der Waals surface area contributed by atoms with Gasteiger partial charge in [-0.3, -0.25) is 4.99 Å². The first-order valence-electron chi connectivity index (χ1n) is 10.0. The van der Waals surface area contributed by atoms with Crippen LogP contribution in [0.1, 0.15) is 12.0 Å². The molecule has 31 heavy (non-hydrogen) atoms. The lowest BCUT2D eigenvalue weighted by molar-refractivity contribution is -0.0495. The predicted octanol–water partition coefficient (Wildman–Crippen LogP) is 3.25. The van der Waals surface area contributed by atoms with Crippen molar-refractivity contribution in [1.82, 2.24) is 10.6 Å². The molecular weight excluding hydrogens is 406 g/mol. The Hall–Kier alpha value is -3.23. The van der Waals surface area contributed by atoms with Gasteiger partial charge in [0.15, 0.2) is 17.5 Å². The second kappa shape index (κ2) is 10.7. The lowest BCUT2D eigenvalue weighted by Gasteiger charge is -2.22. The minimum Gasteiger partial charge on any atom is -0.493 e. The van der Waals surface area contributed by atoms with Gasteiger partial charge >= 0.3 is 6.61 Å². The van der Waals surface area contributed by atoms with Crippen LogP contribution < -0.4 is 29.7 Å². The molecule has 3 rings (SSSR count). The molecule has 2 aromatic rings. The molecule has 7 nitrogen and oxygen atoms in total. The largest absolute Gasteiger partial charge is 0.493 e. The van der Waals surface area contributed by atoms with Crippen LogP contribution in [-0.4, -0.2) is 53.0 Å². The van der Waals surface area contributed by atoms with E-state index in [-0.39, 0.29) is 11.8 Å². The monoisotopic (exact) mass is 434 g/mol. The summed E-state index contributed by atoms with van der Waals surface area (Å²) in [6.45, 7) is -0.981. The number of alkyl halides is 2. The van der Waals surface area contributed by atoms with Crippen LogP contribution in [0.5, 0.6) is 17.2 Å². The standard InChI is InChI=1S/C22H28F2N4O3/c1-25-22(26-13-15-7-6-10-19(29-2)20(15)30-3)27-16-11-12-28(14-16)17-8-4-5-9-18(17)31-21(23)24/h4-10,16,21H,11-14H2,1-3H3,(H2,25,26,27). The summed E-state index contributed by atoms with van der Waals surface area (Å²) in [5.74, 6) is 2.18. The van der Waals surface area contributed by atoms with Crippen molar-refractivity contribution in [2.24, 2.45) is 4.99 Å². The third kappa shape index (κ3) is 5.68. The van der Waals surface area contributed by atoms with Gasteiger partial charge in [-0.2, -0.15) is 8.78 Å². The Morgan fingerprint density at radius 3 is 2.61 bits per heavy atom. The van der Waals surface area contributed by atoms with Gasteiger partial charge in [0.05, 0.1) is 19.9 Å². The fourth-order valence-corrected chi connectivity index (χ4v) is 3.67. The zero-order chi connectivity index (χ0) is 22.2. The van der Waals surface area contributed by atoms with Gasteiger partial charge in [-0.05, 0) is 24.6 Å². The number of hydrogen-bond acceptors (Lipinski definition) is 5. The zero-order valence-corrected chi connectivity index (χ0v) is 17.9. The zero-order valence-electron chi connectivity index (χ0n) is 17.9. The normalized spacial score (nSPS) is 16.4. The Morgan fingerprint density at radius 2 is 1.90 bits per heavy atom. The van der Waals surface area contributed by atoms with Crippen LogP contribution in [0.4, 0.5) is 14.5 Å². The second-order valence-electron chi connectivity index (χ2n) is 7.00. The summed E-state index contributed by atoms with van der Waals surface area (Å²) >= 11 is 0. The fraction of sp³-hybridized carbons (Fsp3) is 0.409. The van der Waals surface area contributed by atoms with E-state index in [1.54, 1.807) is 39.5 Å². The van der Waals surface area contributed by atoms with Gasteiger partial charge in [0.2, 0.25) is 0 Å². The smallest absolute Gasteiger partial charge is 0.387 e. The van der Waals surface area contributed by atoms with Gasteiger partial charge in [-0.1, -0.05) is 24.3 Å². The Morgan fingerprint density at radius 1 is 1.13 bits per heavy atom. The molecule has 9 heteroatoms. The molecule has 1 aliphatic rings. The molecule has 0 amide bonds. The van der Waals surface area contributed by atoms with E-state index in [4.69, 9.17) is 9.47 Å². The summed E-state index contributed by atoms with van der Waals surface area (Å²) in [5.41, 5.74) is 1.60. The number of anilines is 1. The van der Waals surface area contributed by atoms with Crippen LogP contribution in [0.15, 0.2) is 47.5 Å². The van der Waals surface area contributed by atoms with E-state index in [0.717, 1.165) is 18.5 Å². The lowest BCUT2D eigenvalue weighted by Crippen LogP contribution is -2.44. The summed E-state index contributed by atoms with van der Waals surface area (Å²) in [6.07, 6.45) is 0.839. The van der Waals surface area contributed by atoms with Crippen molar-refractivity contribution in [3.05, 3.63) is 48.0 Å². The van der Waals surface area contributed by atoms with Crippen molar-refractivity contribution < 1.29 is 23.0 Å². The van der Waals surface area contributed by atoms with Crippen molar-refractivity contribution >= 4 is 11.6 Å². The number of benzene rings is 2. The Balaban J connectivity index is 1.60. The maximum atomic E-state index is 12.7. The molecule has 1 saturated heterocycles. The SMILES string of the molecule is CN=C(NCc1cccc(OC)c1OC)NC1CCN(c2ccccc2OC(F)F)C1. The maximum Gasteiger partial charge on any atom is 0.387 e. The molecule has 1 fully saturated rings. The highest BCUT2D eigenvalue weighted by molar-refractivity contribution is 5.80. The topological polar surface area (TPSA) is 67.4 Å². The first-order chi connectivity index (χ1) is 15.0. The summed E-state index contributed by atoms with van der Waals surface area (Å²) in [7, 11) is 4.92. The van der Waals surface area contributed by atoms with Crippen molar-refractivity contribution in [3.8, 4) is 17.2 Å². The number of rotatable bonds is 8. The van der Waals surface area contributed by atoms with Gasteiger partial charge in [-0.25, -0.2) is 0 Å². The third-order valence-electron chi connectivity index (χ3n) is 5.11. The number of halogens is 2. The molecule has 1 atom stereocenters. The molecule has 1 unspecified atom stereocenters. The van der Waals surface area contributed by atoms with E-state index in [1.807, 2.05) is 29.2 Å². The quantitative estimate of drug-likeness (QED) is 0.491. The lowest BCUT2D eigenvalue weighted by atomic mass is 10.2. The average Bonchev–Trinajstić information content (AvgIpc) is 3.24. The molecule has 2 aromatic carbocycles. The van der Waals surface area contributed by atoms with Crippen LogP contribution >= 0.6 is 0 Å². The van der Waals surface area contributed by atoms with E-state index in [9.17, 15) is 8.78 Å². The van der Waals surface area contributed by atoms with Gasteiger partial charge in [-0.15, -0.1) is 0 Å². The number of hydrogen-bond donors (Lipinski definition) is 2. The highest BCUT2D eigenvalue weighted by atomic mass is 19.3. The number of nitrogens with one attached hydrogen (secondary N) is 2. The minimum atomic E-state index is -2.85. The van der Waals surface area contributed by atoms with Crippen molar-refractivity contribution in [2.75, 3.05) is 39.3 Å². The molecule has 0 radical (unpaired) electrons. The van der Waals surface area contributed by atoms with Crippen LogP contribution in [0.25, 0.3) is 0 Å². The van der Waals surface area contributed by atoms with Crippen LogP contribution in [-0.2, 0) is 6.54 Å². The Kier molecular flexibility index (Phi) is 7.75. The number of ether oxygens (including phenoxy) is 3. The van der Waals surface area contributed by atoms with Crippen molar-refractivity contribution in [3.63, 3.8) is 0 Å². The predicted molar refractivity (Wildman–Crippen MR) is 117 cm³/mol. The van der Waals surface area contributed by atoms with Gasteiger partial charge in [0.25, 0.3) is 0 Å². The average molecular weight is 434 g/mol. The maximum absolute atomic E-state index is 12.7. The first-order valence-corrected chi connectivity index (χ1v) is 10.0. The summed E-state index contributed by atoms with van der Waals surface area (Å²) in [4.78, 5) is 6.33. The molecule has 0 saturated carbocycles. The van der Waals surface area contributed by atoms with Crippen molar-refractivity contribution in [1.29, 1.82) is 0 Å². The number of guanidine groups is 1. The fourth-order valence-electron chi connectivity index (χ4n) is 3.67.